The average molecular weight is 297 g/mol. The lowest BCUT2D eigenvalue weighted by Gasteiger charge is -2.01. The summed E-state index contributed by atoms with van der Waals surface area (Å²) >= 11 is 0. The first kappa shape index (κ1) is 14.0. The third-order valence-corrected chi connectivity index (χ3v) is 3.12. The fraction of sp³-hybridized carbons (Fsp3) is 0.0588. The highest BCUT2D eigenvalue weighted by molar-refractivity contribution is 5.90. The maximum Gasteiger partial charge on any atom is 0.308 e. The van der Waals surface area contributed by atoms with E-state index in [0.29, 0.717) is 22.2 Å². The number of hydrogen-bond acceptors (Lipinski definition) is 3. The van der Waals surface area contributed by atoms with Gasteiger partial charge in [-0.15, -0.1) is 0 Å². The fourth-order valence-electron chi connectivity index (χ4n) is 2.12. The van der Waals surface area contributed by atoms with Crippen LogP contribution in [0.4, 0.5) is 4.39 Å². The molecule has 1 heterocycles. The third kappa shape index (κ3) is 3.03. The number of aromatic nitrogens is 1. The van der Waals surface area contributed by atoms with Gasteiger partial charge >= 0.3 is 5.97 Å². The van der Waals surface area contributed by atoms with Gasteiger partial charge in [-0.2, -0.15) is 0 Å². The SMILES string of the molecule is O=C(O)C/C(=C\c1ccc(F)cc1)c1nc2ccccc2o1. The number of carboxylic acid groups (broad SMARTS) is 1. The topological polar surface area (TPSA) is 63.3 Å². The number of rotatable bonds is 4. The Morgan fingerprint density at radius 3 is 2.59 bits per heavy atom. The Kier molecular flexibility index (Phi) is 3.70. The highest BCUT2D eigenvalue weighted by atomic mass is 19.1. The third-order valence-electron chi connectivity index (χ3n) is 3.12. The molecule has 0 aliphatic heterocycles. The lowest BCUT2D eigenvalue weighted by atomic mass is 10.1. The summed E-state index contributed by atoms with van der Waals surface area (Å²) in [6, 6.07) is 13.0. The molecule has 1 aromatic heterocycles. The van der Waals surface area contributed by atoms with Gasteiger partial charge in [0.25, 0.3) is 0 Å². The molecule has 0 bridgehead atoms. The zero-order valence-corrected chi connectivity index (χ0v) is 11.5. The molecule has 1 N–H and O–H groups in total. The molecule has 0 spiro atoms. The predicted molar refractivity (Wildman–Crippen MR) is 80.5 cm³/mol. The Hall–Kier alpha value is -2.95. The van der Waals surface area contributed by atoms with Gasteiger partial charge in [-0.3, -0.25) is 4.79 Å². The van der Waals surface area contributed by atoms with E-state index in [0.717, 1.165) is 0 Å². The first-order chi connectivity index (χ1) is 10.6. The summed E-state index contributed by atoms with van der Waals surface area (Å²) < 4.78 is 18.6. The van der Waals surface area contributed by atoms with Crippen molar-refractivity contribution in [3.63, 3.8) is 0 Å². The zero-order valence-electron chi connectivity index (χ0n) is 11.5. The van der Waals surface area contributed by atoms with E-state index >= 15 is 0 Å². The fourth-order valence-corrected chi connectivity index (χ4v) is 2.12. The number of carboxylic acids is 1. The second-order valence-electron chi connectivity index (χ2n) is 4.78. The van der Waals surface area contributed by atoms with Crippen LogP contribution in [0.2, 0.25) is 0 Å². The van der Waals surface area contributed by atoms with E-state index in [2.05, 4.69) is 4.98 Å². The standard InChI is InChI=1S/C17H12FNO3/c18-13-7-5-11(6-8-13)9-12(10-16(20)21)17-19-14-3-1-2-4-15(14)22-17/h1-9H,10H2,(H,20,21)/b12-9+. The number of aliphatic carboxylic acids is 1. The van der Waals surface area contributed by atoms with E-state index < -0.39 is 5.97 Å². The van der Waals surface area contributed by atoms with Gasteiger partial charge in [0.1, 0.15) is 11.3 Å². The summed E-state index contributed by atoms with van der Waals surface area (Å²) in [6.45, 7) is 0. The molecule has 0 atom stereocenters. The number of benzene rings is 2. The van der Waals surface area contributed by atoms with Crippen molar-refractivity contribution in [2.75, 3.05) is 0 Å². The number of oxazole rings is 1. The molecule has 3 aromatic rings. The lowest BCUT2D eigenvalue weighted by Crippen LogP contribution is -1.97. The summed E-state index contributed by atoms with van der Waals surface area (Å²) in [5.41, 5.74) is 2.36. The predicted octanol–water partition coefficient (Wildman–Crippen LogP) is 3.98. The van der Waals surface area contributed by atoms with Gasteiger partial charge in [-0.05, 0) is 35.9 Å². The largest absolute Gasteiger partial charge is 0.481 e. The van der Waals surface area contributed by atoms with Crippen molar-refractivity contribution in [2.24, 2.45) is 0 Å². The molecule has 5 heteroatoms. The van der Waals surface area contributed by atoms with Crippen LogP contribution in [0.3, 0.4) is 0 Å². The van der Waals surface area contributed by atoms with Crippen molar-refractivity contribution in [1.82, 2.24) is 4.98 Å². The van der Waals surface area contributed by atoms with Crippen molar-refractivity contribution in [1.29, 1.82) is 0 Å². The second kappa shape index (κ2) is 5.81. The molecule has 0 amide bonds. The minimum atomic E-state index is -0.990. The quantitative estimate of drug-likeness (QED) is 0.791. The highest BCUT2D eigenvalue weighted by Gasteiger charge is 2.14. The molecule has 2 aromatic carbocycles. The van der Waals surface area contributed by atoms with Crippen molar-refractivity contribution >= 4 is 28.7 Å². The van der Waals surface area contributed by atoms with Gasteiger partial charge < -0.3 is 9.52 Å². The molecule has 0 fully saturated rings. The smallest absolute Gasteiger partial charge is 0.308 e. The molecule has 0 unspecified atom stereocenters. The Morgan fingerprint density at radius 2 is 1.91 bits per heavy atom. The van der Waals surface area contributed by atoms with Crippen LogP contribution in [0, 0.1) is 5.82 Å². The molecule has 0 radical (unpaired) electrons. The normalized spacial score (nSPS) is 11.8. The molecule has 22 heavy (non-hydrogen) atoms. The number of nitrogens with zero attached hydrogens (tertiary/aromatic N) is 1. The Labute approximate surface area is 125 Å². The van der Waals surface area contributed by atoms with Crippen LogP contribution in [-0.4, -0.2) is 16.1 Å². The van der Waals surface area contributed by atoms with Crippen molar-refractivity contribution in [3.8, 4) is 0 Å². The minimum Gasteiger partial charge on any atom is -0.481 e. The van der Waals surface area contributed by atoms with Crippen molar-refractivity contribution < 1.29 is 18.7 Å². The van der Waals surface area contributed by atoms with E-state index in [1.54, 1.807) is 30.3 Å². The van der Waals surface area contributed by atoms with Gasteiger partial charge in [0.2, 0.25) is 5.89 Å². The van der Waals surface area contributed by atoms with Gasteiger partial charge in [-0.25, -0.2) is 9.37 Å². The maximum atomic E-state index is 13.0. The summed E-state index contributed by atoms with van der Waals surface area (Å²) in [7, 11) is 0. The maximum absolute atomic E-state index is 13.0. The highest BCUT2D eigenvalue weighted by Crippen LogP contribution is 2.25. The molecule has 0 saturated carbocycles. The monoisotopic (exact) mass is 297 g/mol. The Bertz CT molecular complexity index is 817. The molecule has 110 valence electrons. The molecule has 0 aliphatic rings. The minimum absolute atomic E-state index is 0.232. The average Bonchev–Trinajstić information content (AvgIpc) is 2.92. The number of carbonyl (C=O) groups is 1. The van der Waals surface area contributed by atoms with Crippen molar-refractivity contribution in [2.45, 2.75) is 6.42 Å². The van der Waals surface area contributed by atoms with Crippen LogP contribution in [0.25, 0.3) is 22.7 Å². The van der Waals surface area contributed by atoms with E-state index in [4.69, 9.17) is 9.52 Å². The summed E-state index contributed by atoms with van der Waals surface area (Å²) in [4.78, 5) is 15.4. The summed E-state index contributed by atoms with van der Waals surface area (Å²) in [6.07, 6.45) is 1.41. The van der Waals surface area contributed by atoms with Gasteiger partial charge in [0.15, 0.2) is 5.58 Å². The van der Waals surface area contributed by atoms with E-state index in [1.807, 2.05) is 12.1 Å². The first-order valence-corrected chi connectivity index (χ1v) is 6.66. The van der Waals surface area contributed by atoms with Crippen LogP contribution in [0.5, 0.6) is 0 Å². The number of halogens is 1. The Balaban J connectivity index is 2.05. The van der Waals surface area contributed by atoms with E-state index in [1.165, 1.54) is 12.1 Å². The molecule has 4 nitrogen and oxygen atoms in total. The summed E-state index contributed by atoms with van der Waals surface area (Å²) in [5.74, 6) is -1.08. The van der Waals surface area contributed by atoms with E-state index in [-0.39, 0.29) is 18.1 Å². The second-order valence-corrected chi connectivity index (χ2v) is 4.78. The van der Waals surface area contributed by atoms with Crippen LogP contribution in [-0.2, 0) is 4.79 Å². The van der Waals surface area contributed by atoms with Gasteiger partial charge in [0, 0.05) is 5.57 Å². The zero-order chi connectivity index (χ0) is 15.5. The van der Waals surface area contributed by atoms with Crippen LogP contribution in [0.1, 0.15) is 17.9 Å². The van der Waals surface area contributed by atoms with Gasteiger partial charge in [-0.1, -0.05) is 24.3 Å². The van der Waals surface area contributed by atoms with Gasteiger partial charge in [0.05, 0.1) is 6.42 Å². The molecular weight excluding hydrogens is 285 g/mol. The Morgan fingerprint density at radius 1 is 1.18 bits per heavy atom. The summed E-state index contributed by atoms with van der Waals surface area (Å²) in [5, 5.41) is 9.07. The van der Waals surface area contributed by atoms with Crippen LogP contribution < -0.4 is 0 Å². The number of para-hydroxylation sites is 2. The van der Waals surface area contributed by atoms with E-state index in [9.17, 15) is 9.18 Å². The molecule has 0 saturated heterocycles. The first-order valence-electron chi connectivity index (χ1n) is 6.66. The molecular formula is C17H12FNO3. The van der Waals surface area contributed by atoms with Crippen LogP contribution in [0.15, 0.2) is 52.9 Å². The molecule has 0 aliphatic carbocycles. The molecule has 3 rings (SSSR count). The van der Waals surface area contributed by atoms with Crippen molar-refractivity contribution in [3.05, 3.63) is 65.8 Å². The lowest BCUT2D eigenvalue weighted by molar-refractivity contribution is -0.135. The number of fused-ring (bicyclic) bond motifs is 1. The number of hydrogen-bond donors (Lipinski definition) is 1. The van der Waals surface area contributed by atoms with Crippen LogP contribution >= 0.6 is 0 Å².